The van der Waals surface area contributed by atoms with Gasteiger partial charge in [0.15, 0.2) is 11.5 Å². The third-order valence-electron chi connectivity index (χ3n) is 3.76. The highest BCUT2D eigenvalue weighted by Gasteiger charge is 2.14. The van der Waals surface area contributed by atoms with Crippen molar-refractivity contribution in [3.63, 3.8) is 0 Å². The van der Waals surface area contributed by atoms with E-state index in [9.17, 15) is 4.39 Å². The van der Waals surface area contributed by atoms with Gasteiger partial charge in [-0.1, -0.05) is 17.7 Å². The van der Waals surface area contributed by atoms with E-state index in [1.54, 1.807) is 17.1 Å². The van der Waals surface area contributed by atoms with E-state index in [1.165, 1.54) is 12.1 Å². The molecule has 3 aromatic rings. The molecule has 0 radical (unpaired) electrons. The smallest absolute Gasteiger partial charge is 0.214 e. The monoisotopic (exact) mass is 486 g/mol. The quantitative estimate of drug-likeness (QED) is 0.427. The summed E-state index contributed by atoms with van der Waals surface area (Å²) < 4.78 is 27.7. The van der Waals surface area contributed by atoms with Gasteiger partial charge in [-0.15, -0.1) is 0 Å². The van der Waals surface area contributed by atoms with E-state index in [0.717, 1.165) is 10.0 Å². The molecule has 0 saturated heterocycles. The molecule has 0 bridgehead atoms. The lowest BCUT2D eigenvalue weighted by Crippen LogP contribution is -2.13. The van der Waals surface area contributed by atoms with Gasteiger partial charge in [-0.25, -0.2) is 9.07 Å². The molecule has 2 aromatic carbocycles. The Hall–Kier alpha value is -2.10. The molecular weight excluding hydrogens is 471 g/mol. The maximum absolute atomic E-state index is 13.2. The minimum atomic E-state index is -0.389. The summed E-state index contributed by atoms with van der Waals surface area (Å²) in [5.74, 6) is 0.744. The second kappa shape index (κ2) is 9.40. The van der Waals surface area contributed by atoms with E-state index >= 15 is 0 Å². The number of aromatic nitrogens is 3. The van der Waals surface area contributed by atoms with Crippen LogP contribution in [-0.2, 0) is 13.2 Å². The molecule has 0 aliphatic rings. The van der Waals surface area contributed by atoms with Crippen molar-refractivity contribution in [3.8, 4) is 11.5 Å². The second-order valence-electron chi connectivity index (χ2n) is 5.73. The van der Waals surface area contributed by atoms with Gasteiger partial charge in [-0.3, -0.25) is 5.10 Å². The third-order valence-corrected chi connectivity index (χ3v) is 4.99. The topological polar surface area (TPSA) is 64.1 Å². The number of aromatic amines is 1. The molecule has 6 nitrogen and oxygen atoms in total. The molecule has 2 N–H and O–H groups in total. The third kappa shape index (κ3) is 5.03. The summed E-state index contributed by atoms with van der Waals surface area (Å²) in [6.07, 6.45) is 1.56. The number of hydrogen-bond donors (Lipinski definition) is 2. The lowest BCUT2D eigenvalue weighted by atomic mass is 10.2. The van der Waals surface area contributed by atoms with Crippen LogP contribution in [0.25, 0.3) is 0 Å². The second-order valence-corrected chi connectivity index (χ2v) is 7.38. The fourth-order valence-corrected chi connectivity index (χ4v) is 3.44. The number of H-pyrrole nitrogens is 1. The fourth-order valence-electron chi connectivity index (χ4n) is 2.45. The molecule has 0 saturated carbocycles. The van der Waals surface area contributed by atoms with Crippen molar-refractivity contribution in [2.24, 2.45) is 0 Å². The highest BCUT2D eigenvalue weighted by atomic mass is 79.9. The Bertz CT molecular complexity index is 1030. The van der Waals surface area contributed by atoms with Gasteiger partial charge in [-0.05, 0) is 64.9 Å². The fraction of sp³-hybridized carbons (Fsp3) is 0.222. The average molecular weight is 488 g/mol. The van der Waals surface area contributed by atoms with Crippen molar-refractivity contribution in [2.75, 3.05) is 12.0 Å². The van der Waals surface area contributed by atoms with Crippen molar-refractivity contribution in [1.82, 2.24) is 14.9 Å². The lowest BCUT2D eigenvalue weighted by Gasteiger charge is -2.16. The van der Waals surface area contributed by atoms with Gasteiger partial charge in [0.25, 0.3) is 0 Å². The first-order valence-electron chi connectivity index (χ1n) is 8.35. The van der Waals surface area contributed by atoms with E-state index in [-0.39, 0.29) is 12.4 Å². The van der Waals surface area contributed by atoms with E-state index in [2.05, 4.69) is 31.6 Å². The maximum atomic E-state index is 13.2. The first kappa shape index (κ1) is 20.6. The highest BCUT2D eigenvalue weighted by Crippen LogP contribution is 2.38. The molecule has 1 aromatic heterocycles. The summed E-state index contributed by atoms with van der Waals surface area (Å²) in [4.78, 5) is 0. The zero-order chi connectivity index (χ0) is 20.1. The summed E-state index contributed by atoms with van der Waals surface area (Å²) in [5.41, 5.74) is 4.77. The first-order valence-corrected chi connectivity index (χ1v) is 9.93. The Morgan fingerprint density at radius 1 is 1.32 bits per heavy atom. The SMILES string of the molecule is CCOc1cc(CNn2cn[nH]c2=S)cc(Br)c1OCc1ccc(F)cc1Cl. The molecule has 0 fully saturated rings. The first-order chi connectivity index (χ1) is 13.5. The van der Waals surface area contributed by atoms with Gasteiger partial charge in [0.2, 0.25) is 4.77 Å². The average Bonchev–Trinajstić information content (AvgIpc) is 3.06. The van der Waals surface area contributed by atoms with Crippen LogP contribution >= 0.6 is 39.7 Å². The molecular formula is C18H17BrClFN4O2S. The van der Waals surface area contributed by atoms with Crippen LogP contribution < -0.4 is 14.9 Å². The number of rotatable bonds is 8. The predicted octanol–water partition coefficient (Wildman–Crippen LogP) is 5.22. The van der Waals surface area contributed by atoms with E-state index in [1.807, 2.05) is 19.1 Å². The van der Waals surface area contributed by atoms with Crippen LogP contribution in [0.2, 0.25) is 5.02 Å². The number of hydrogen-bond acceptors (Lipinski definition) is 5. The van der Waals surface area contributed by atoms with Crippen LogP contribution in [0.15, 0.2) is 41.1 Å². The predicted molar refractivity (Wildman–Crippen MR) is 112 cm³/mol. The van der Waals surface area contributed by atoms with Gasteiger partial charge in [0.05, 0.1) is 22.6 Å². The van der Waals surface area contributed by atoms with E-state index < -0.39 is 0 Å². The minimum Gasteiger partial charge on any atom is -0.490 e. The molecule has 0 atom stereocenters. The Balaban J connectivity index is 1.78. The summed E-state index contributed by atoms with van der Waals surface area (Å²) in [5, 5.41) is 6.85. The van der Waals surface area contributed by atoms with Crippen LogP contribution in [-0.4, -0.2) is 21.5 Å². The molecule has 1 heterocycles. The molecule has 148 valence electrons. The maximum Gasteiger partial charge on any atom is 0.214 e. The van der Waals surface area contributed by atoms with Gasteiger partial charge in [0, 0.05) is 5.56 Å². The number of benzene rings is 2. The molecule has 0 amide bonds. The van der Waals surface area contributed by atoms with Crippen LogP contribution in [0.4, 0.5) is 4.39 Å². The van der Waals surface area contributed by atoms with Crippen LogP contribution in [0.3, 0.4) is 0 Å². The Kier molecular flexibility index (Phi) is 6.93. The normalized spacial score (nSPS) is 10.7. The van der Waals surface area contributed by atoms with Crippen molar-refractivity contribution >= 4 is 39.7 Å². The molecule has 3 rings (SSSR count). The van der Waals surface area contributed by atoms with E-state index in [0.29, 0.717) is 40.0 Å². The van der Waals surface area contributed by atoms with Gasteiger partial charge >= 0.3 is 0 Å². The largest absolute Gasteiger partial charge is 0.490 e. The minimum absolute atomic E-state index is 0.180. The zero-order valence-electron chi connectivity index (χ0n) is 14.8. The zero-order valence-corrected chi connectivity index (χ0v) is 18.0. The van der Waals surface area contributed by atoms with Gasteiger partial charge in [-0.2, -0.15) is 5.10 Å². The Labute approximate surface area is 179 Å². The molecule has 0 aliphatic carbocycles. The lowest BCUT2D eigenvalue weighted by molar-refractivity contribution is 0.267. The van der Waals surface area contributed by atoms with Crippen LogP contribution in [0.5, 0.6) is 11.5 Å². The van der Waals surface area contributed by atoms with Crippen LogP contribution in [0.1, 0.15) is 18.1 Å². The van der Waals surface area contributed by atoms with Crippen molar-refractivity contribution in [3.05, 3.63) is 67.9 Å². The van der Waals surface area contributed by atoms with E-state index in [4.69, 9.17) is 33.3 Å². The van der Waals surface area contributed by atoms with Crippen LogP contribution in [0, 0.1) is 10.6 Å². The highest BCUT2D eigenvalue weighted by molar-refractivity contribution is 9.10. The number of ether oxygens (including phenoxy) is 2. The standard InChI is InChI=1S/C18H17BrClFN4O2S/c1-2-26-16-6-11(8-23-25-10-22-24-18(25)28)5-14(19)17(16)27-9-12-3-4-13(21)7-15(12)20/h3-7,10,23H,2,8-9H2,1H3,(H,24,28). The molecule has 0 aliphatic heterocycles. The summed E-state index contributed by atoms with van der Waals surface area (Å²) in [6, 6.07) is 8.00. The summed E-state index contributed by atoms with van der Waals surface area (Å²) in [7, 11) is 0. The van der Waals surface area contributed by atoms with Gasteiger partial charge < -0.3 is 14.9 Å². The van der Waals surface area contributed by atoms with Crippen molar-refractivity contribution < 1.29 is 13.9 Å². The van der Waals surface area contributed by atoms with Crippen molar-refractivity contribution in [2.45, 2.75) is 20.1 Å². The number of nitrogens with zero attached hydrogens (tertiary/aromatic N) is 2. The molecule has 28 heavy (non-hydrogen) atoms. The summed E-state index contributed by atoms with van der Waals surface area (Å²) >= 11 is 14.7. The van der Waals surface area contributed by atoms with Crippen molar-refractivity contribution in [1.29, 1.82) is 0 Å². The summed E-state index contributed by atoms with van der Waals surface area (Å²) in [6.45, 7) is 3.05. The number of halogens is 3. The number of nitrogens with one attached hydrogen (secondary N) is 2. The Morgan fingerprint density at radius 2 is 2.14 bits per heavy atom. The molecule has 0 spiro atoms. The molecule has 0 unspecified atom stereocenters. The van der Waals surface area contributed by atoms with Gasteiger partial charge in [0.1, 0.15) is 18.8 Å². The Morgan fingerprint density at radius 3 is 2.82 bits per heavy atom. The molecule has 10 heteroatoms.